The highest BCUT2D eigenvalue weighted by Gasteiger charge is 2.26. The zero-order chi connectivity index (χ0) is 17.6. The van der Waals surface area contributed by atoms with Gasteiger partial charge in [0.25, 0.3) is 0 Å². The monoisotopic (exact) mass is 344 g/mol. The maximum absolute atomic E-state index is 12.4. The van der Waals surface area contributed by atoms with Crippen LogP contribution >= 0.6 is 0 Å². The van der Waals surface area contributed by atoms with E-state index in [1.807, 2.05) is 34.9 Å². The van der Waals surface area contributed by atoms with Crippen molar-refractivity contribution >= 4 is 11.9 Å². The molecule has 1 fully saturated rings. The Kier molecular flexibility index (Phi) is 5.39. The van der Waals surface area contributed by atoms with Crippen LogP contribution in [0.15, 0.2) is 36.7 Å². The molecule has 1 amide bonds. The van der Waals surface area contributed by atoms with E-state index in [1.54, 1.807) is 11.2 Å². The van der Waals surface area contributed by atoms with Crippen LogP contribution in [0.1, 0.15) is 18.7 Å². The van der Waals surface area contributed by atoms with Crippen molar-refractivity contribution in [3.8, 4) is 5.69 Å². The first-order chi connectivity index (χ1) is 12.1. The van der Waals surface area contributed by atoms with Crippen LogP contribution < -0.4 is 0 Å². The fourth-order valence-electron chi connectivity index (χ4n) is 2.87. The van der Waals surface area contributed by atoms with Gasteiger partial charge in [-0.15, -0.1) is 10.2 Å². The van der Waals surface area contributed by atoms with Gasteiger partial charge in [-0.1, -0.05) is 18.2 Å². The number of hydrogen-bond donors (Lipinski definition) is 1. The van der Waals surface area contributed by atoms with Gasteiger partial charge in [0.2, 0.25) is 5.91 Å². The highest BCUT2D eigenvalue weighted by molar-refractivity contribution is 5.76. The number of nitrogens with zero attached hydrogens (tertiary/aromatic N) is 4. The first-order valence-electron chi connectivity index (χ1n) is 8.19. The first kappa shape index (κ1) is 17.1. The van der Waals surface area contributed by atoms with Crippen molar-refractivity contribution < 1.29 is 19.4 Å². The summed E-state index contributed by atoms with van der Waals surface area (Å²) in [7, 11) is 0. The van der Waals surface area contributed by atoms with E-state index >= 15 is 0 Å². The maximum Gasteiger partial charge on any atom is 0.306 e. The smallest absolute Gasteiger partial charge is 0.306 e. The number of aromatic nitrogens is 3. The van der Waals surface area contributed by atoms with Crippen LogP contribution in [-0.2, 0) is 20.7 Å². The number of morpholine rings is 1. The molecular weight excluding hydrogens is 324 g/mol. The molecule has 2 aromatic rings. The molecule has 1 atom stereocenters. The summed E-state index contributed by atoms with van der Waals surface area (Å²) < 4.78 is 7.26. The Hall–Kier alpha value is -2.74. The highest BCUT2D eigenvalue weighted by atomic mass is 16.5. The standard InChI is InChI=1S/C17H20N4O4/c22-16(20-8-9-25-14(11-20)10-17(23)24)7-6-15-19-18-12-21(15)13-4-2-1-3-5-13/h1-5,12,14H,6-11H2,(H,23,24). The molecule has 1 aliphatic heterocycles. The topological polar surface area (TPSA) is 97.5 Å². The molecule has 1 aromatic carbocycles. The predicted molar refractivity (Wildman–Crippen MR) is 88.3 cm³/mol. The van der Waals surface area contributed by atoms with Gasteiger partial charge in [-0.25, -0.2) is 0 Å². The molecule has 0 bridgehead atoms. The average Bonchev–Trinajstić information content (AvgIpc) is 3.08. The summed E-state index contributed by atoms with van der Waals surface area (Å²) in [5.41, 5.74) is 0.947. The van der Waals surface area contributed by atoms with Gasteiger partial charge < -0.3 is 14.7 Å². The lowest BCUT2D eigenvalue weighted by molar-refractivity contribution is -0.147. The van der Waals surface area contributed by atoms with E-state index in [4.69, 9.17) is 9.84 Å². The van der Waals surface area contributed by atoms with Crippen molar-refractivity contribution in [3.63, 3.8) is 0 Å². The number of para-hydroxylation sites is 1. The highest BCUT2D eigenvalue weighted by Crippen LogP contribution is 2.13. The van der Waals surface area contributed by atoms with Gasteiger partial charge in [0.05, 0.1) is 19.1 Å². The first-order valence-corrected chi connectivity index (χ1v) is 8.19. The van der Waals surface area contributed by atoms with Crippen molar-refractivity contribution in [2.75, 3.05) is 19.7 Å². The third-order valence-electron chi connectivity index (χ3n) is 4.11. The second kappa shape index (κ2) is 7.89. The summed E-state index contributed by atoms with van der Waals surface area (Å²) >= 11 is 0. The van der Waals surface area contributed by atoms with E-state index in [2.05, 4.69) is 10.2 Å². The Bertz CT molecular complexity index is 731. The number of amides is 1. The predicted octanol–water partition coefficient (Wildman–Crippen LogP) is 0.902. The maximum atomic E-state index is 12.4. The van der Waals surface area contributed by atoms with E-state index < -0.39 is 12.1 Å². The van der Waals surface area contributed by atoms with Crippen molar-refractivity contribution in [2.45, 2.75) is 25.4 Å². The van der Waals surface area contributed by atoms with Gasteiger partial charge in [-0.05, 0) is 12.1 Å². The van der Waals surface area contributed by atoms with Gasteiger partial charge in [0.1, 0.15) is 12.2 Å². The Morgan fingerprint density at radius 3 is 2.84 bits per heavy atom. The number of carbonyl (C=O) groups excluding carboxylic acids is 1. The lowest BCUT2D eigenvalue weighted by Gasteiger charge is -2.32. The second-order valence-corrected chi connectivity index (χ2v) is 5.88. The van der Waals surface area contributed by atoms with Crippen molar-refractivity contribution in [1.29, 1.82) is 0 Å². The Labute approximate surface area is 145 Å². The molecule has 0 spiro atoms. The van der Waals surface area contributed by atoms with Crippen molar-refractivity contribution in [1.82, 2.24) is 19.7 Å². The van der Waals surface area contributed by atoms with E-state index in [0.29, 0.717) is 32.5 Å². The molecule has 2 heterocycles. The number of carboxylic acid groups (broad SMARTS) is 1. The second-order valence-electron chi connectivity index (χ2n) is 5.88. The molecule has 0 radical (unpaired) electrons. The van der Waals surface area contributed by atoms with Crippen molar-refractivity contribution in [3.05, 3.63) is 42.5 Å². The molecule has 1 unspecified atom stereocenters. The zero-order valence-corrected chi connectivity index (χ0v) is 13.7. The summed E-state index contributed by atoms with van der Waals surface area (Å²) in [6, 6.07) is 9.70. The molecule has 1 aromatic heterocycles. The summed E-state index contributed by atoms with van der Waals surface area (Å²) in [6.07, 6.45) is 1.86. The fourth-order valence-corrected chi connectivity index (χ4v) is 2.87. The quantitative estimate of drug-likeness (QED) is 0.836. The van der Waals surface area contributed by atoms with Crippen LogP contribution in [0.25, 0.3) is 5.69 Å². The van der Waals surface area contributed by atoms with E-state index in [9.17, 15) is 9.59 Å². The number of ether oxygens (including phenoxy) is 1. The van der Waals surface area contributed by atoms with Gasteiger partial charge in [-0.2, -0.15) is 0 Å². The normalized spacial score (nSPS) is 17.4. The van der Waals surface area contributed by atoms with Crippen LogP contribution in [0, 0.1) is 0 Å². The molecule has 3 rings (SSSR count). The summed E-state index contributed by atoms with van der Waals surface area (Å²) in [5.74, 6) is -0.230. The fraction of sp³-hybridized carbons (Fsp3) is 0.412. The summed E-state index contributed by atoms with van der Waals surface area (Å²) in [4.78, 5) is 24.9. The number of carbonyl (C=O) groups is 2. The number of aryl methyl sites for hydroxylation is 1. The van der Waals surface area contributed by atoms with Gasteiger partial charge in [0, 0.05) is 31.6 Å². The minimum Gasteiger partial charge on any atom is -0.481 e. The molecule has 1 saturated heterocycles. The SMILES string of the molecule is O=C(O)CC1CN(C(=O)CCc2nncn2-c2ccccc2)CCO1. The summed E-state index contributed by atoms with van der Waals surface area (Å²) in [5, 5.41) is 16.9. The van der Waals surface area contributed by atoms with E-state index in [1.165, 1.54) is 0 Å². The largest absolute Gasteiger partial charge is 0.481 e. The lowest BCUT2D eigenvalue weighted by Crippen LogP contribution is -2.46. The molecule has 8 heteroatoms. The molecule has 25 heavy (non-hydrogen) atoms. The molecule has 0 saturated carbocycles. The average molecular weight is 344 g/mol. The van der Waals surface area contributed by atoms with Gasteiger partial charge in [0.15, 0.2) is 0 Å². The minimum atomic E-state index is -0.921. The number of hydrogen-bond acceptors (Lipinski definition) is 5. The summed E-state index contributed by atoms with van der Waals surface area (Å²) in [6.45, 7) is 1.17. The lowest BCUT2D eigenvalue weighted by atomic mass is 10.2. The van der Waals surface area contributed by atoms with Crippen LogP contribution in [0.4, 0.5) is 0 Å². The van der Waals surface area contributed by atoms with E-state index in [0.717, 1.165) is 11.5 Å². The molecule has 8 nitrogen and oxygen atoms in total. The van der Waals surface area contributed by atoms with Gasteiger partial charge >= 0.3 is 5.97 Å². The van der Waals surface area contributed by atoms with Gasteiger partial charge in [-0.3, -0.25) is 14.2 Å². The number of aliphatic carboxylic acids is 1. The zero-order valence-electron chi connectivity index (χ0n) is 13.7. The number of benzene rings is 1. The minimum absolute atomic E-state index is 0.0266. The van der Waals surface area contributed by atoms with Crippen LogP contribution in [0.2, 0.25) is 0 Å². The molecule has 1 N–H and O–H groups in total. The molecular formula is C17H20N4O4. The molecule has 0 aliphatic carbocycles. The van der Waals surface area contributed by atoms with Crippen LogP contribution in [0.3, 0.4) is 0 Å². The Morgan fingerprint density at radius 1 is 1.28 bits per heavy atom. The Balaban J connectivity index is 1.58. The van der Waals surface area contributed by atoms with E-state index in [-0.39, 0.29) is 12.3 Å². The van der Waals surface area contributed by atoms with Crippen LogP contribution in [-0.4, -0.2) is 62.4 Å². The Morgan fingerprint density at radius 2 is 2.08 bits per heavy atom. The third-order valence-corrected chi connectivity index (χ3v) is 4.11. The molecule has 1 aliphatic rings. The van der Waals surface area contributed by atoms with Crippen molar-refractivity contribution in [2.24, 2.45) is 0 Å². The number of rotatable bonds is 6. The van der Waals surface area contributed by atoms with Crippen LogP contribution in [0.5, 0.6) is 0 Å². The third kappa shape index (κ3) is 4.42. The molecule has 132 valence electrons. The number of carboxylic acids is 1.